The van der Waals surface area contributed by atoms with E-state index in [9.17, 15) is 0 Å². The van der Waals surface area contributed by atoms with Gasteiger partial charge in [0, 0.05) is 33.4 Å². The van der Waals surface area contributed by atoms with Crippen LogP contribution in [0.25, 0.3) is 28.4 Å². The van der Waals surface area contributed by atoms with Crippen LogP contribution in [0.15, 0.2) is 99.9 Å². The van der Waals surface area contributed by atoms with Crippen molar-refractivity contribution in [3.05, 3.63) is 90.7 Å². The van der Waals surface area contributed by atoms with Crippen LogP contribution in [0.3, 0.4) is 0 Å². The Morgan fingerprint density at radius 2 is 1.73 bits per heavy atom. The van der Waals surface area contributed by atoms with Gasteiger partial charge in [0.1, 0.15) is 5.69 Å². The number of halogens is 1. The normalized spacial score (nSPS) is 11.0. The maximum Gasteiger partial charge on any atom is 0.247 e. The molecule has 5 rings (SSSR count). The highest BCUT2D eigenvalue weighted by molar-refractivity contribution is 7.99. The average Bonchev–Trinajstić information content (AvgIpc) is 3.47. The Labute approximate surface area is 181 Å². The number of hydrogen-bond acceptors (Lipinski definition) is 6. The van der Waals surface area contributed by atoms with Crippen molar-refractivity contribution in [1.29, 1.82) is 0 Å². The van der Waals surface area contributed by atoms with Crippen molar-refractivity contribution in [2.45, 2.75) is 9.79 Å². The average molecular weight is 432 g/mol. The molecule has 0 unspecified atom stereocenters. The zero-order valence-electron chi connectivity index (χ0n) is 15.5. The molecule has 0 amide bonds. The summed E-state index contributed by atoms with van der Waals surface area (Å²) in [5, 5.41) is 13.2. The van der Waals surface area contributed by atoms with Crippen molar-refractivity contribution >= 4 is 23.4 Å². The minimum Gasteiger partial charge on any atom is -0.423 e. The Morgan fingerprint density at radius 1 is 0.933 bits per heavy atom. The van der Waals surface area contributed by atoms with Crippen LogP contribution in [0.4, 0.5) is 0 Å². The minimum atomic E-state index is 0.484. The van der Waals surface area contributed by atoms with Crippen LogP contribution >= 0.6 is 23.4 Å². The SMILES string of the molecule is Clc1ccc(Sc2cn(-c3cccnc3)nc2-c2ccc(-c3nnco3)cc2)cc1. The molecule has 0 bridgehead atoms. The van der Waals surface area contributed by atoms with Crippen LogP contribution in [-0.2, 0) is 0 Å². The molecule has 0 aliphatic heterocycles. The molecule has 30 heavy (non-hydrogen) atoms. The standard InChI is InChI=1S/C22H14ClN5OS/c23-17-7-9-19(10-8-17)30-20-13-28(18-2-1-11-24-12-18)27-21(20)15-3-5-16(6-4-15)22-26-25-14-29-22/h1-14H. The first-order chi connectivity index (χ1) is 14.8. The second kappa shape index (κ2) is 8.14. The van der Waals surface area contributed by atoms with Gasteiger partial charge >= 0.3 is 0 Å². The molecule has 0 saturated heterocycles. The Balaban J connectivity index is 1.55. The number of pyridine rings is 1. The molecule has 0 N–H and O–H groups in total. The molecular formula is C22H14ClN5OS. The highest BCUT2D eigenvalue weighted by Crippen LogP contribution is 2.37. The molecule has 0 saturated carbocycles. The van der Waals surface area contributed by atoms with Gasteiger partial charge in [-0.05, 0) is 48.5 Å². The van der Waals surface area contributed by atoms with Crippen molar-refractivity contribution < 1.29 is 4.42 Å². The molecule has 0 spiro atoms. The van der Waals surface area contributed by atoms with Crippen LogP contribution in [0, 0.1) is 0 Å². The summed E-state index contributed by atoms with van der Waals surface area (Å²) in [5.41, 5.74) is 3.60. The van der Waals surface area contributed by atoms with Gasteiger partial charge in [0.15, 0.2) is 0 Å². The zero-order chi connectivity index (χ0) is 20.3. The monoisotopic (exact) mass is 431 g/mol. The van der Waals surface area contributed by atoms with Crippen LogP contribution < -0.4 is 0 Å². The van der Waals surface area contributed by atoms with Crippen LogP contribution in [0.5, 0.6) is 0 Å². The number of hydrogen-bond donors (Lipinski definition) is 0. The van der Waals surface area contributed by atoms with Gasteiger partial charge in [-0.2, -0.15) is 5.10 Å². The lowest BCUT2D eigenvalue weighted by molar-refractivity contribution is 0.568. The Morgan fingerprint density at radius 3 is 2.43 bits per heavy atom. The molecular weight excluding hydrogens is 418 g/mol. The molecule has 0 atom stereocenters. The fraction of sp³-hybridized carbons (Fsp3) is 0. The quantitative estimate of drug-likeness (QED) is 0.351. The molecule has 3 aromatic heterocycles. The zero-order valence-corrected chi connectivity index (χ0v) is 17.1. The van der Waals surface area contributed by atoms with E-state index in [0.29, 0.717) is 10.9 Å². The van der Waals surface area contributed by atoms with Gasteiger partial charge in [-0.15, -0.1) is 10.2 Å². The van der Waals surface area contributed by atoms with Gasteiger partial charge < -0.3 is 4.42 Å². The van der Waals surface area contributed by atoms with Gasteiger partial charge in [0.25, 0.3) is 0 Å². The van der Waals surface area contributed by atoms with E-state index in [1.54, 1.807) is 24.2 Å². The third-order valence-corrected chi connectivity index (χ3v) is 5.68. The van der Waals surface area contributed by atoms with Crippen molar-refractivity contribution in [1.82, 2.24) is 25.0 Å². The first kappa shape index (κ1) is 18.6. The molecule has 146 valence electrons. The maximum absolute atomic E-state index is 6.03. The first-order valence-electron chi connectivity index (χ1n) is 9.07. The number of benzene rings is 2. The fourth-order valence-electron chi connectivity index (χ4n) is 2.95. The van der Waals surface area contributed by atoms with Crippen molar-refractivity contribution in [3.63, 3.8) is 0 Å². The van der Waals surface area contributed by atoms with E-state index < -0.39 is 0 Å². The summed E-state index contributed by atoms with van der Waals surface area (Å²) in [6.07, 6.45) is 6.86. The largest absolute Gasteiger partial charge is 0.423 e. The smallest absolute Gasteiger partial charge is 0.247 e. The van der Waals surface area contributed by atoms with E-state index in [-0.39, 0.29) is 0 Å². The Bertz CT molecular complexity index is 1250. The predicted octanol–water partition coefficient (Wildman–Crippen LogP) is 5.79. The van der Waals surface area contributed by atoms with Gasteiger partial charge in [-0.3, -0.25) is 4.98 Å². The van der Waals surface area contributed by atoms with E-state index in [1.165, 1.54) is 6.39 Å². The molecule has 3 heterocycles. The third-order valence-electron chi connectivity index (χ3n) is 4.40. The Hall–Kier alpha value is -3.42. The highest BCUT2D eigenvalue weighted by Gasteiger charge is 2.15. The van der Waals surface area contributed by atoms with Crippen LogP contribution in [0.2, 0.25) is 5.02 Å². The summed E-state index contributed by atoms with van der Waals surface area (Å²) >= 11 is 7.67. The molecule has 0 aliphatic carbocycles. The topological polar surface area (TPSA) is 69.6 Å². The van der Waals surface area contributed by atoms with E-state index in [1.807, 2.05) is 71.5 Å². The van der Waals surface area contributed by atoms with Gasteiger partial charge in [-0.25, -0.2) is 4.68 Å². The van der Waals surface area contributed by atoms with Gasteiger partial charge in [0.2, 0.25) is 12.3 Å². The van der Waals surface area contributed by atoms with Crippen molar-refractivity contribution in [3.8, 4) is 28.4 Å². The molecule has 0 aliphatic rings. The van der Waals surface area contributed by atoms with Crippen molar-refractivity contribution in [2.24, 2.45) is 0 Å². The lowest BCUT2D eigenvalue weighted by atomic mass is 10.1. The minimum absolute atomic E-state index is 0.484. The number of nitrogens with zero attached hydrogens (tertiary/aromatic N) is 5. The summed E-state index contributed by atoms with van der Waals surface area (Å²) in [7, 11) is 0. The second-order valence-corrected chi connectivity index (χ2v) is 7.93. The molecule has 5 aromatic rings. The van der Waals surface area contributed by atoms with Crippen LogP contribution in [0.1, 0.15) is 0 Å². The molecule has 6 nitrogen and oxygen atoms in total. The van der Waals surface area contributed by atoms with Gasteiger partial charge in [-0.1, -0.05) is 35.5 Å². The Kier molecular flexibility index (Phi) is 5.04. The first-order valence-corrected chi connectivity index (χ1v) is 10.3. The summed E-state index contributed by atoms with van der Waals surface area (Å²) in [6.45, 7) is 0. The predicted molar refractivity (Wildman–Crippen MR) is 116 cm³/mol. The molecule has 0 radical (unpaired) electrons. The second-order valence-electron chi connectivity index (χ2n) is 6.37. The summed E-state index contributed by atoms with van der Waals surface area (Å²) in [4.78, 5) is 6.30. The third kappa shape index (κ3) is 3.85. The lowest BCUT2D eigenvalue weighted by Gasteiger charge is -2.04. The number of rotatable bonds is 5. The maximum atomic E-state index is 6.03. The molecule has 2 aromatic carbocycles. The van der Waals surface area contributed by atoms with E-state index in [4.69, 9.17) is 21.1 Å². The summed E-state index contributed by atoms with van der Waals surface area (Å²) in [6, 6.07) is 19.5. The summed E-state index contributed by atoms with van der Waals surface area (Å²) < 4.78 is 7.12. The van der Waals surface area contributed by atoms with Crippen molar-refractivity contribution in [2.75, 3.05) is 0 Å². The fourth-order valence-corrected chi connectivity index (χ4v) is 4.01. The molecule has 0 fully saturated rings. The van der Waals surface area contributed by atoms with Gasteiger partial charge in [0.05, 0.1) is 16.8 Å². The highest BCUT2D eigenvalue weighted by atomic mass is 35.5. The van der Waals surface area contributed by atoms with E-state index >= 15 is 0 Å². The summed E-state index contributed by atoms with van der Waals surface area (Å²) in [5.74, 6) is 0.484. The van der Waals surface area contributed by atoms with E-state index in [0.717, 1.165) is 32.3 Å². The van der Waals surface area contributed by atoms with E-state index in [2.05, 4.69) is 15.2 Å². The number of aromatic nitrogens is 5. The lowest BCUT2D eigenvalue weighted by Crippen LogP contribution is -1.95. The molecule has 8 heteroatoms. The van der Waals surface area contributed by atoms with Crippen LogP contribution in [-0.4, -0.2) is 25.0 Å².